The second kappa shape index (κ2) is 9.86. The highest BCUT2D eigenvalue weighted by molar-refractivity contribution is 7.89. The quantitative estimate of drug-likeness (QED) is 0.568. The van der Waals surface area contributed by atoms with Gasteiger partial charge in [0.1, 0.15) is 0 Å². The lowest BCUT2D eigenvalue weighted by atomic mass is 10.1. The summed E-state index contributed by atoms with van der Waals surface area (Å²) in [5.74, 6) is -1.47. The van der Waals surface area contributed by atoms with Gasteiger partial charge in [0.15, 0.2) is 0 Å². The Balaban J connectivity index is 1.77. The van der Waals surface area contributed by atoms with Gasteiger partial charge in [-0.15, -0.1) is 11.3 Å². The highest BCUT2D eigenvalue weighted by Crippen LogP contribution is 2.23. The molecule has 11 heteroatoms. The third-order valence-electron chi connectivity index (χ3n) is 5.01. The number of hydrogen-bond donors (Lipinski definition) is 0. The first-order valence-corrected chi connectivity index (χ1v) is 12.1. The molecule has 1 aliphatic heterocycles. The average Bonchev–Trinajstić information content (AvgIpc) is 3.25. The molecule has 1 aromatic heterocycles. The SMILES string of the molecule is CCc1nc(CN2CCN(S(=O)(=O)c3cc(C(=O)OC)cc(C(=O)OC)c3)CC2)cs1. The summed E-state index contributed by atoms with van der Waals surface area (Å²) in [6.45, 7) is 4.44. The smallest absolute Gasteiger partial charge is 0.337 e. The van der Waals surface area contributed by atoms with Crippen LogP contribution in [0, 0.1) is 0 Å². The Bertz CT molecular complexity index is 1020. The number of nitrogens with zero attached hydrogens (tertiary/aromatic N) is 3. The number of benzene rings is 1. The summed E-state index contributed by atoms with van der Waals surface area (Å²) in [7, 11) is -1.54. The van der Waals surface area contributed by atoms with Gasteiger partial charge in [0.05, 0.1) is 40.9 Å². The number of piperazine rings is 1. The predicted molar refractivity (Wildman–Crippen MR) is 115 cm³/mol. The summed E-state index contributed by atoms with van der Waals surface area (Å²) < 4.78 is 37.2. The molecule has 1 saturated heterocycles. The Labute approximate surface area is 185 Å². The summed E-state index contributed by atoms with van der Waals surface area (Å²) in [4.78, 5) is 30.5. The van der Waals surface area contributed by atoms with Gasteiger partial charge in [-0.1, -0.05) is 6.92 Å². The molecule has 1 fully saturated rings. The van der Waals surface area contributed by atoms with E-state index in [1.807, 2.05) is 5.38 Å². The van der Waals surface area contributed by atoms with Gasteiger partial charge in [-0.05, 0) is 24.6 Å². The van der Waals surface area contributed by atoms with Crippen LogP contribution < -0.4 is 0 Å². The third-order valence-corrected chi connectivity index (χ3v) is 7.92. The van der Waals surface area contributed by atoms with E-state index in [1.54, 1.807) is 11.3 Å². The number of sulfonamides is 1. The molecule has 0 N–H and O–H groups in total. The number of aryl methyl sites for hydroxylation is 1. The van der Waals surface area contributed by atoms with E-state index in [2.05, 4.69) is 26.3 Å². The van der Waals surface area contributed by atoms with Gasteiger partial charge in [0, 0.05) is 38.1 Å². The fourth-order valence-electron chi connectivity index (χ4n) is 3.31. The molecule has 3 rings (SSSR count). The summed E-state index contributed by atoms with van der Waals surface area (Å²) in [6, 6.07) is 3.70. The minimum atomic E-state index is -3.91. The van der Waals surface area contributed by atoms with E-state index in [0.29, 0.717) is 32.7 Å². The first-order chi connectivity index (χ1) is 14.8. The second-order valence-corrected chi connectivity index (χ2v) is 9.88. The van der Waals surface area contributed by atoms with Crippen LogP contribution in [0.4, 0.5) is 0 Å². The number of rotatable bonds is 7. The van der Waals surface area contributed by atoms with Gasteiger partial charge in [0.25, 0.3) is 0 Å². The number of hydrogen-bond acceptors (Lipinski definition) is 9. The third kappa shape index (κ3) is 5.29. The van der Waals surface area contributed by atoms with Gasteiger partial charge < -0.3 is 9.47 Å². The Morgan fingerprint density at radius 3 is 2.10 bits per heavy atom. The number of carbonyl (C=O) groups excluding carboxylic acids is 2. The van der Waals surface area contributed by atoms with Crippen LogP contribution >= 0.6 is 11.3 Å². The zero-order valence-electron chi connectivity index (χ0n) is 17.7. The molecule has 168 valence electrons. The van der Waals surface area contributed by atoms with Crippen LogP contribution in [0.2, 0.25) is 0 Å². The highest BCUT2D eigenvalue weighted by Gasteiger charge is 2.30. The zero-order valence-corrected chi connectivity index (χ0v) is 19.3. The minimum absolute atomic E-state index is 0.0297. The number of thiazole rings is 1. The number of aromatic nitrogens is 1. The lowest BCUT2D eigenvalue weighted by Gasteiger charge is -2.33. The molecule has 0 bridgehead atoms. The molecule has 2 aromatic rings. The predicted octanol–water partition coefficient (Wildman–Crippen LogP) is 1.79. The van der Waals surface area contributed by atoms with Crippen molar-refractivity contribution >= 4 is 33.3 Å². The number of methoxy groups -OCH3 is 2. The Morgan fingerprint density at radius 1 is 1.03 bits per heavy atom. The topological polar surface area (TPSA) is 106 Å². The van der Waals surface area contributed by atoms with Crippen molar-refractivity contribution < 1.29 is 27.5 Å². The second-order valence-electron chi connectivity index (χ2n) is 7.00. The van der Waals surface area contributed by atoms with Gasteiger partial charge >= 0.3 is 11.9 Å². The molecule has 0 radical (unpaired) electrons. The van der Waals surface area contributed by atoms with Crippen molar-refractivity contribution in [3.63, 3.8) is 0 Å². The lowest BCUT2D eigenvalue weighted by Crippen LogP contribution is -2.48. The number of carbonyl (C=O) groups is 2. The first kappa shape index (κ1) is 23.3. The Morgan fingerprint density at radius 2 is 1.61 bits per heavy atom. The van der Waals surface area contributed by atoms with Crippen molar-refractivity contribution in [3.8, 4) is 0 Å². The van der Waals surface area contributed by atoms with Crippen LogP contribution in [-0.2, 0) is 32.5 Å². The number of ether oxygens (including phenoxy) is 2. The fourth-order valence-corrected chi connectivity index (χ4v) is 5.54. The van der Waals surface area contributed by atoms with Crippen LogP contribution in [0.3, 0.4) is 0 Å². The largest absolute Gasteiger partial charge is 0.465 e. The highest BCUT2D eigenvalue weighted by atomic mass is 32.2. The lowest BCUT2D eigenvalue weighted by molar-refractivity contribution is 0.0598. The van der Waals surface area contributed by atoms with Crippen LogP contribution in [0.5, 0.6) is 0 Å². The molecule has 9 nitrogen and oxygen atoms in total. The Hall–Kier alpha value is -2.34. The van der Waals surface area contributed by atoms with Crippen LogP contribution in [0.15, 0.2) is 28.5 Å². The van der Waals surface area contributed by atoms with E-state index < -0.39 is 22.0 Å². The molecule has 0 atom stereocenters. The molecule has 0 amide bonds. The van der Waals surface area contributed by atoms with Crippen LogP contribution in [0.1, 0.15) is 38.3 Å². The maximum absolute atomic E-state index is 13.2. The van der Waals surface area contributed by atoms with Gasteiger partial charge in [-0.3, -0.25) is 4.90 Å². The van der Waals surface area contributed by atoms with Gasteiger partial charge in [-0.25, -0.2) is 23.0 Å². The van der Waals surface area contributed by atoms with Crippen molar-refractivity contribution in [1.82, 2.24) is 14.2 Å². The maximum Gasteiger partial charge on any atom is 0.337 e. The molecule has 0 spiro atoms. The van der Waals surface area contributed by atoms with Gasteiger partial charge in [0.2, 0.25) is 10.0 Å². The molecule has 0 unspecified atom stereocenters. The zero-order chi connectivity index (χ0) is 22.6. The van der Waals surface area contributed by atoms with Crippen molar-refractivity contribution in [3.05, 3.63) is 45.4 Å². The van der Waals surface area contributed by atoms with Crippen molar-refractivity contribution in [2.75, 3.05) is 40.4 Å². The fraction of sp³-hybridized carbons (Fsp3) is 0.450. The van der Waals surface area contributed by atoms with E-state index >= 15 is 0 Å². The molecule has 2 heterocycles. The summed E-state index contributed by atoms with van der Waals surface area (Å²) in [6.07, 6.45) is 0.898. The standard InChI is InChI=1S/C20H25N3O6S2/c1-4-18-21-16(13-30-18)12-22-5-7-23(8-6-22)31(26,27)17-10-14(19(24)28-2)9-15(11-17)20(25)29-3/h9-11,13H,4-8,12H2,1-3H3. The summed E-state index contributed by atoms with van der Waals surface area (Å²) in [5, 5.41) is 3.12. The van der Waals surface area contributed by atoms with E-state index in [0.717, 1.165) is 17.1 Å². The Kier molecular flexibility index (Phi) is 7.42. The average molecular weight is 468 g/mol. The van der Waals surface area contributed by atoms with Crippen molar-refractivity contribution in [2.45, 2.75) is 24.8 Å². The van der Waals surface area contributed by atoms with Crippen molar-refractivity contribution in [2.24, 2.45) is 0 Å². The minimum Gasteiger partial charge on any atom is -0.465 e. The molecular weight excluding hydrogens is 442 g/mol. The maximum atomic E-state index is 13.2. The normalized spacial score (nSPS) is 15.6. The molecule has 31 heavy (non-hydrogen) atoms. The van der Waals surface area contributed by atoms with Crippen molar-refractivity contribution in [1.29, 1.82) is 0 Å². The van der Waals surface area contributed by atoms with Crippen LogP contribution in [-0.4, -0.2) is 74.9 Å². The summed E-state index contributed by atoms with van der Waals surface area (Å²) >= 11 is 1.63. The molecular formula is C20H25N3O6S2. The van der Waals surface area contributed by atoms with E-state index in [9.17, 15) is 18.0 Å². The molecule has 0 saturated carbocycles. The molecule has 0 aliphatic carbocycles. The van der Waals surface area contributed by atoms with Gasteiger partial charge in [-0.2, -0.15) is 4.31 Å². The van der Waals surface area contributed by atoms with Crippen LogP contribution in [0.25, 0.3) is 0 Å². The monoisotopic (exact) mass is 467 g/mol. The summed E-state index contributed by atoms with van der Waals surface area (Å²) in [5.41, 5.74) is 0.933. The molecule has 1 aromatic carbocycles. The number of esters is 2. The first-order valence-electron chi connectivity index (χ1n) is 9.76. The molecule has 1 aliphatic rings. The van der Waals surface area contributed by atoms with E-state index in [1.165, 1.54) is 36.7 Å². The van der Waals surface area contributed by atoms with E-state index in [-0.39, 0.29) is 16.0 Å². The van der Waals surface area contributed by atoms with E-state index in [4.69, 9.17) is 0 Å².